The van der Waals surface area contributed by atoms with Gasteiger partial charge in [0, 0.05) is 23.0 Å². The molecule has 27 heavy (non-hydrogen) atoms. The first-order chi connectivity index (χ1) is 12.8. The number of carboxylic acids is 1. The summed E-state index contributed by atoms with van der Waals surface area (Å²) in [6.45, 7) is 0.814. The number of aliphatic hydroxyl groups is 3. The Morgan fingerprint density at radius 3 is 1.89 bits per heavy atom. The standard InChI is InChI=1S/C16H14O3.C4H12NO3/c1-11(16(18)19)13-8-5-9-14(10-13)15(17)12-6-3-2-4-7-12;1-5(2-6,3-7)4-8/h2-11H,1H3,(H,18,19);6-8H,2-4H2,1H3/q;+1/p-1. The van der Waals surface area contributed by atoms with Gasteiger partial charge in [0.1, 0.15) is 0 Å². The highest BCUT2D eigenvalue weighted by molar-refractivity contribution is 6.09. The number of benzene rings is 2. The summed E-state index contributed by atoms with van der Waals surface area (Å²) in [7, 11) is 1.54. The number of hydrogen-bond acceptors (Lipinski definition) is 6. The van der Waals surface area contributed by atoms with Crippen molar-refractivity contribution in [3.63, 3.8) is 0 Å². The van der Waals surface area contributed by atoms with Crippen LogP contribution in [0.3, 0.4) is 0 Å². The van der Waals surface area contributed by atoms with E-state index < -0.39 is 11.9 Å². The number of quaternary nitrogens is 1. The van der Waals surface area contributed by atoms with Crippen molar-refractivity contribution in [1.29, 1.82) is 0 Å². The van der Waals surface area contributed by atoms with E-state index in [0.717, 1.165) is 0 Å². The molecule has 0 aromatic heterocycles. The minimum absolute atomic E-state index is 0.118. The van der Waals surface area contributed by atoms with Crippen LogP contribution in [0, 0.1) is 0 Å². The first kappa shape index (κ1) is 22.5. The van der Waals surface area contributed by atoms with Crippen molar-refractivity contribution >= 4 is 11.8 Å². The average molecular weight is 375 g/mol. The zero-order valence-corrected chi connectivity index (χ0v) is 15.4. The second kappa shape index (κ2) is 10.5. The molecule has 0 bridgehead atoms. The molecule has 0 heterocycles. The fourth-order valence-electron chi connectivity index (χ4n) is 1.98. The molecule has 0 amide bonds. The predicted molar refractivity (Wildman–Crippen MR) is 97.2 cm³/mol. The quantitative estimate of drug-likeness (QED) is 0.358. The predicted octanol–water partition coefficient (Wildman–Crippen LogP) is 0.0534. The van der Waals surface area contributed by atoms with Gasteiger partial charge in [0.2, 0.25) is 0 Å². The van der Waals surface area contributed by atoms with Gasteiger partial charge in [-0.05, 0) is 11.6 Å². The van der Waals surface area contributed by atoms with Crippen molar-refractivity contribution in [2.45, 2.75) is 12.8 Å². The SMILES string of the molecule is CC(C(=O)[O-])c1cccc(C(=O)c2ccccc2)c1.C[N+](CO)(CO)CO. The highest BCUT2D eigenvalue weighted by Gasteiger charge is 2.15. The Bertz CT molecular complexity index is 735. The van der Waals surface area contributed by atoms with Gasteiger partial charge in [-0.15, -0.1) is 0 Å². The van der Waals surface area contributed by atoms with Crippen molar-refractivity contribution < 1.29 is 34.5 Å². The Morgan fingerprint density at radius 2 is 1.44 bits per heavy atom. The molecule has 0 aliphatic rings. The van der Waals surface area contributed by atoms with Crippen molar-refractivity contribution in [1.82, 2.24) is 0 Å². The van der Waals surface area contributed by atoms with Crippen LogP contribution in [0.4, 0.5) is 0 Å². The summed E-state index contributed by atoms with van der Waals surface area (Å²) in [6, 6.07) is 15.5. The molecule has 0 saturated carbocycles. The normalized spacial score (nSPS) is 11.9. The highest BCUT2D eigenvalue weighted by Crippen LogP contribution is 2.18. The van der Waals surface area contributed by atoms with E-state index in [1.807, 2.05) is 6.07 Å². The number of aliphatic carboxylic acids is 1. The Balaban J connectivity index is 0.000000387. The smallest absolute Gasteiger partial charge is 0.193 e. The topological polar surface area (TPSA) is 118 Å². The second-order valence-corrected chi connectivity index (χ2v) is 6.41. The molecule has 2 aromatic rings. The average Bonchev–Trinajstić information content (AvgIpc) is 2.73. The molecular weight excluding hydrogens is 350 g/mol. The Kier molecular flexibility index (Phi) is 8.77. The summed E-state index contributed by atoms with van der Waals surface area (Å²) in [5, 5.41) is 36.2. The molecule has 3 N–H and O–H groups in total. The van der Waals surface area contributed by atoms with Gasteiger partial charge in [0.25, 0.3) is 0 Å². The number of aliphatic hydroxyl groups excluding tert-OH is 3. The molecule has 0 fully saturated rings. The van der Waals surface area contributed by atoms with E-state index in [-0.39, 0.29) is 30.5 Å². The Hall–Kier alpha value is -2.58. The van der Waals surface area contributed by atoms with Crippen molar-refractivity contribution in [2.75, 3.05) is 27.2 Å². The fraction of sp³-hybridized carbons (Fsp3) is 0.300. The van der Waals surface area contributed by atoms with E-state index in [4.69, 9.17) is 15.3 Å². The summed E-state index contributed by atoms with van der Waals surface area (Å²) < 4.78 is -0.125. The summed E-state index contributed by atoms with van der Waals surface area (Å²) in [5.74, 6) is -2.00. The van der Waals surface area contributed by atoms with Gasteiger partial charge in [-0.2, -0.15) is 0 Å². The van der Waals surface area contributed by atoms with Gasteiger partial charge in [-0.3, -0.25) is 9.28 Å². The van der Waals surface area contributed by atoms with E-state index >= 15 is 0 Å². The van der Waals surface area contributed by atoms with E-state index in [2.05, 4.69) is 0 Å². The summed E-state index contributed by atoms with van der Waals surface area (Å²) in [6.07, 6.45) is 0. The number of rotatable bonds is 7. The Morgan fingerprint density at radius 1 is 0.926 bits per heavy atom. The second-order valence-electron chi connectivity index (χ2n) is 6.41. The van der Waals surface area contributed by atoms with Crippen LogP contribution in [-0.4, -0.2) is 58.8 Å². The van der Waals surface area contributed by atoms with Crippen LogP contribution in [-0.2, 0) is 4.79 Å². The minimum Gasteiger partial charge on any atom is -0.550 e. The third-order valence-corrected chi connectivity index (χ3v) is 4.06. The van der Waals surface area contributed by atoms with Gasteiger partial charge in [-0.25, -0.2) is 0 Å². The lowest BCUT2D eigenvalue weighted by molar-refractivity contribution is -0.959. The molecule has 0 aliphatic carbocycles. The van der Waals surface area contributed by atoms with Crippen LogP contribution in [0.25, 0.3) is 0 Å². The lowest BCUT2D eigenvalue weighted by Gasteiger charge is -2.25. The molecule has 2 rings (SSSR count). The Labute approximate surface area is 158 Å². The first-order valence-corrected chi connectivity index (χ1v) is 8.34. The van der Waals surface area contributed by atoms with E-state index in [0.29, 0.717) is 16.7 Å². The van der Waals surface area contributed by atoms with E-state index in [9.17, 15) is 14.7 Å². The molecular formula is C20H25NO6. The van der Waals surface area contributed by atoms with Gasteiger partial charge in [0.15, 0.2) is 26.0 Å². The van der Waals surface area contributed by atoms with E-state index in [1.54, 1.807) is 62.5 Å². The fourth-order valence-corrected chi connectivity index (χ4v) is 1.98. The summed E-state index contributed by atoms with van der Waals surface area (Å²) in [5.41, 5.74) is 1.64. The maximum Gasteiger partial charge on any atom is 0.193 e. The maximum atomic E-state index is 12.2. The van der Waals surface area contributed by atoms with Crippen LogP contribution in [0.15, 0.2) is 54.6 Å². The van der Waals surface area contributed by atoms with Gasteiger partial charge in [-0.1, -0.05) is 55.5 Å². The number of hydrogen-bond donors (Lipinski definition) is 3. The summed E-state index contributed by atoms with van der Waals surface area (Å²) >= 11 is 0. The third-order valence-electron chi connectivity index (χ3n) is 4.06. The zero-order chi connectivity index (χ0) is 20.4. The van der Waals surface area contributed by atoms with Crippen LogP contribution >= 0.6 is 0 Å². The molecule has 0 saturated heterocycles. The van der Waals surface area contributed by atoms with Crippen LogP contribution in [0.2, 0.25) is 0 Å². The highest BCUT2D eigenvalue weighted by atomic mass is 16.4. The number of nitrogens with zero attached hydrogens (tertiary/aromatic N) is 1. The molecule has 0 aliphatic heterocycles. The van der Waals surface area contributed by atoms with Crippen LogP contribution < -0.4 is 5.11 Å². The molecule has 0 spiro atoms. The van der Waals surface area contributed by atoms with Gasteiger partial charge >= 0.3 is 0 Å². The van der Waals surface area contributed by atoms with Crippen molar-refractivity contribution in [3.05, 3.63) is 71.3 Å². The molecule has 0 radical (unpaired) electrons. The molecule has 2 aromatic carbocycles. The van der Waals surface area contributed by atoms with Crippen LogP contribution in [0.1, 0.15) is 34.3 Å². The lowest BCUT2D eigenvalue weighted by atomic mass is 9.96. The van der Waals surface area contributed by atoms with Gasteiger partial charge in [0.05, 0.1) is 7.05 Å². The minimum atomic E-state index is -1.15. The maximum absolute atomic E-state index is 12.2. The lowest BCUT2D eigenvalue weighted by Crippen LogP contribution is -2.46. The molecule has 1 atom stereocenters. The third kappa shape index (κ3) is 6.58. The number of carbonyl (C=O) groups is 2. The van der Waals surface area contributed by atoms with Gasteiger partial charge < -0.3 is 25.2 Å². The van der Waals surface area contributed by atoms with Crippen molar-refractivity contribution in [2.24, 2.45) is 0 Å². The largest absolute Gasteiger partial charge is 0.550 e. The van der Waals surface area contributed by atoms with Crippen LogP contribution in [0.5, 0.6) is 0 Å². The molecule has 1 unspecified atom stereocenters. The molecule has 7 nitrogen and oxygen atoms in total. The number of ketones is 1. The summed E-state index contributed by atoms with van der Waals surface area (Å²) in [4.78, 5) is 23.1. The number of carboxylic acid groups (broad SMARTS) is 1. The molecule has 7 heteroatoms. The molecule has 146 valence electrons. The van der Waals surface area contributed by atoms with E-state index in [1.165, 1.54) is 0 Å². The first-order valence-electron chi connectivity index (χ1n) is 8.34. The van der Waals surface area contributed by atoms with Crippen molar-refractivity contribution in [3.8, 4) is 0 Å². The zero-order valence-electron chi connectivity index (χ0n) is 15.4. The number of carbonyl (C=O) groups excluding carboxylic acids is 2. The monoisotopic (exact) mass is 375 g/mol.